The zero-order chi connectivity index (χ0) is 23.9. The number of allylic oxidation sites excluding steroid dienone is 1. The Kier molecular flexibility index (Phi) is 5.53. The molecular formula is C29H27N3O2S. The molecule has 0 amide bonds. The summed E-state index contributed by atoms with van der Waals surface area (Å²) in [6, 6.07) is 22.6. The van der Waals surface area contributed by atoms with E-state index in [4.69, 9.17) is 9.41 Å². The van der Waals surface area contributed by atoms with Gasteiger partial charge in [0.05, 0.1) is 16.3 Å². The standard InChI is InChI=1S/C29H27N3O2S/c1-3-31(4-2)25-17-15-21(34-25)18-24-28(33)32-27(20-11-6-5-7-12-20)23-16-14-19-10-8-9-13-22(19)26(23)30-29(32)35-24/h5-13,15,17-18,27H,3-4,14,16H2,1-2H3/b24-18+/t27-/m1/s1. The Morgan fingerprint density at radius 2 is 1.80 bits per heavy atom. The number of aryl methyl sites for hydroxylation is 1. The minimum atomic E-state index is -0.152. The highest BCUT2D eigenvalue weighted by atomic mass is 32.1. The quantitative estimate of drug-likeness (QED) is 0.413. The first-order chi connectivity index (χ1) is 17.2. The fourth-order valence-electron chi connectivity index (χ4n) is 5.21. The second kappa shape index (κ2) is 8.86. The summed E-state index contributed by atoms with van der Waals surface area (Å²) in [6.07, 6.45) is 3.71. The van der Waals surface area contributed by atoms with Gasteiger partial charge in [-0.05, 0) is 49.5 Å². The SMILES string of the molecule is CCN(CC)c1ccc(/C=c2/sc3n(c2=O)[C@H](c2ccccc2)C2=C(N=3)c3ccccc3CC2)o1. The smallest absolute Gasteiger partial charge is 0.271 e. The number of furan rings is 1. The Labute approximate surface area is 208 Å². The van der Waals surface area contributed by atoms with E-state index in [1.807, 2.05) is 41.0 Å². The molecular weight excluding hydrogens is 454 g/mol. The van der Waals surface area contributed by atoms with E-state index >= 15 is 0 Å². The molecule has 5 nitrogen and oxygen atoms in total. The summed E-state index contributed by atoms with van der Waals surface area (Å²) < 4.78 is 8.58. The molecule has 0 N–H and O–H groups in total. The maximum atomic E-state index is 13.8. The average molecular weight is 482 g/mol. The molecule has 1 aliphatic heterocycles. The molecule has 1 atom stereocenters. The van der Waals surface area contributed by atoms with Gasteiger partial charge in [-0.25, -0.2) is 4.99 Å². The second-order valence-electron chi connectivity index (χ2n) is 8.87. The van der Waals surface area contributed by atoms with Crippen molar-refractivity contribution in [2.75, 3.05) is 18.0 Å². The van der Waals surface area contributed by atoms with Gasteiger partial charge in [0.25, 0.3) is 5.56 Å². The van der Waals surface area contributed by atoms with Crippen molar-refractivity contribution in [1.29, 1.82) is 0 Å². The second-order valence-corrected chi connectivity index (χ2v) is 9.88. The van der Waals surface area contributed by atoms with Crippen molar-refractivity contribution in [1.82, 2.24) is 4.57 Å². The van der Waals surface area contributed by atoms with Crippen LogP contribution in [0.25, 0.3) is 11.8 Å². The van der Waals surface area contributed by atoms with Gasteiger partial charge in [-0.2, -0.15) is 0 Å². The number of fused-ring (bicyclic) bond motifs is 3. The first-order valence-corrected chi connectivity index (χ1v) is 13.0. The summed E-state index contributed by atoms with van der Waals surface area (Å²) in [5.41, 5.74) is 5.84. The lowest BCUT2D eigenvalue weighted by Gasteiger charge is -2.30. The monoisotopic (exact) mass is 481 g/mol. The summed E-state index contributed by atoms with van der Waals surface area (Å²) in [7, 11) is 0. The number of anilines is 1. The van der Waals surface area contributed by atoms with Gasteiger partial charge in [0.2, 0.25) is 0 Å². The van der Waals surface area contributed by atoms with E-state index in [1.165, 1.54) is 28.0 Å². The Bertz CT molecular complexity index is 1600. The third-order valence-electron chi connectivity index (χ3n) is 6.95. The summed E-state index contributed by atoms with van der Waals surface area (Å²) in [6.45, 7) is 5.95. The molecule has 2 aromatic carbocycles. The van der Waals surface area contributed by atoms with E-state index < -0.39 is 0 Å². The highest BCUT2D eigenvalue weighted by Gasteiger charge is 2.32. The molecule has 176 valence electrons. The number of rotatable bonds is 5. The largest absolute Gasteiger partial charge is 0.441 e. The van der Waals surface area contributed by atoms with E-state index in [-0.39, 0.29) is 11.6 Å². The van der Waals surface area contributed by atoms with E-state index in [0.717, 1.165) is 47.9 Å². The minimum absolute atomic E-state index is 0.0196. The topological polar surface area (TPSA) is 50.7 Å². The van der Waals surface area contributed by atoms with E-state index in [0.29, 0.717) is 10.3 Å². The summed E-state index contributed by atoms with van der Waals surface area (Å²) >= 11 is 1.44. The van der Waals surface area contributed by atoms with Crippen molar-refractivity contribution < 1.29 is 4.42 Å². The molecule has 0 saturated carbocycles. The number of hydrogen-bond donors (Lipinski definition) is 0. The number of benzene rings is 2. The van der Waals surface area contributed by atoms with Crippen LogP contribution in [-0.4, -0.2) is 17.7 Å². The van der Waals surface area contributed by atoms with Gasteiger partial charge in [0, 0.05) is 30.8 Å². The number of thiazole rings is 1. The van der Waals surface area contributed by atoms with Crippen molar-refractivity contribution >= 4 is 29.0 Å². The van der Waals surface area contributed by atoms with Crippen LogP contribution in [0.5, 0.6) is 0 Å². The molecule has 35 heavy (non-hydrogen) atoms. The average Bonchev–Trinajstić information content (AvgIpc) is 3.48. The zero-order valence-corrected chi connectivity index (χ0v) is 20.7. The van der Waals surface area contributed by atoms with Crippen molar-refractivity contribution in [3.05, 3.63) is 114 Å². The van der Waals surface area contributed by atoms with Gasteiger partial charge in [-0.3, -0.25) is 9.36 Å². The molecule has 0 saturated heterocycles. The van der Waals surface area contributed by atoms with Crippen LogP contribution in [-0.2, 0) is 6.42 Å². The lowest BCUT2D eigenvalue weighted by atomic mass is 9.83. The minimum Gasteiger partial charge on any atom is -0.441 e. The van der Waals surface area contributed by atoms with Gasteiger partial charge in [-0.15, -0.1) is 0 Å². The maximum absolute atomic E-state index is 13.8. The molecule has 6 rings (SSSR count). The fraction of sp³-hybridized carbons (Fsp3) is 0.241. The molecule has 0 radical (unpaired) electrons. The number of nitrogens with zero attached hydrogens (tertiary/aromatic N) is 3. The van der Waals surface area contributed by atoms with Gasteiger partial charge in [-0.1, -0.05) is 65.9 Å². The van der Waals surface area contributed by atoms with Crippen molar-refractivity contribution in [2.45, 2.75) is 32.7 Å². The van der Waals surface area contributed by atoms with Crippen LogP contribution >= 0.6 is 11.3 Å². The summed E-state index contributed by atoms with van der Waals surface area (Å²) in [4.78, 5) is 21.7. The molecule has 0 bridgehead atoms. The molecule has 2 aromatic heterocycles. The van der Waals surface area contributed by atoms with E-state index in [9.17, 15) is 4.79 Å². The molecule has 3 heterocycles. The van der Waals surface area contributed by atoms with Crippen LogP contribution in [0.15, 0.2) is 86.5 Å². The molecule has 0 unspecified atom stereocenters. The van der Waals surface area contributed by atoms with E-state index in [1.54, 1.807) is 0 Å². The number of hydrogen-bond acceptors (Lipinski definition) is 5. The fourth-order valence-corrected chi connectivity index (χ4v) is 6.19. The first kappa shape index (κ1) is 21.9. The zero-order valence-electron chi connectivity index (χ0n) is 19.9. The highest BCUT2D eigenvalue weighted by Crippen LogP contribution is 2.41. The highest BCUT2D eigenvalue weighted by molar-refractivity contribution is 7.07. The Morgan fingerprint density at radius 1 is 1.03 bits per heavy atom. The molecule has 6 heteroatoms. The Hall–Kier alpha value is -3.64. The molecule has 4 aromatic rings. The van der Waals surface area contributed by atoms with Crippen LogP contribution in [0.3, 0.4) is 0 Å². The van der Waals surface area contributed by atoms with Crippen molar-refractivity contribution in [3.63, 3.8) is 0 Å². The van der Waals surface area contributed by atoms with Crippen molar-refractivity contribution in [2.24, 2.45) is 4.99 Å². The van der Waals surface area contributed by atoms with Gasteiger partial charge >= 0.3 is 0 Å². The Morgan fingerprint density at radius 3 is 2.60 bits per heavy atom. The normalized spacial score (nSPS) is 17.0. The lowest BCUT2D eigenvalue weighted by Crippen LogP contribution is -2.38. The number of aromatic nitrogens is 1. The molecule has 2 aliphatic rings. The van der Waals surface area contributed by atoms with E-state index in [2.05, 4.69) is 55.1 Å². The van der Waals surface area contributed by atoms with Gasteiger partial charge < -0.3 is 9.32 Å². The predicted octanol–water partition coefficient (Wildman–Crippen LogP) is 4.76. The molecule has 1 aliphatic carbocycles. The third kappa shape index (κ3) is 3.69. The van der Waals surface area contributed by atoms with Crippen LogP contribution < -0.4 is 19.8 Å². The Balaban J connectivity index is 1.54. The summed E-state index contributed by atoms with van der Waals surface area (Å²) in [5.74, 6) is 1.51. The first-order valence-electron chi connectivity index (χ1n) is 12.2. The predicted molar refractivity (Wildman–Crippen MR) is 141 cm³/mol. The van der Waals surface area contributed by atoms with Crippen LogP contribution in [0, 0.1) is 0 Å². The van der Waals surface area contributed by atoms with Crippen molar-refractivity contribution in [3.8, 4) is 0 Å². The van der Waals surface area contributed by atoms with Crippen LogP contribution in [0.2, 0.25) is 0 Å². The maximum Gasteiger partial charge on any atom is 0.271 e. The van der Waals surface area contributed by atoms with Crippen LogP contribution in [0.4, 0.5) is 5.88 Å². The van der Waals surface area contributed by atoms with Gasteiger partial charge in [0.15, 0.2) is 10.7 Å². The summed E-state index contributed by atoms with van der Waals surface area (Å²) in [5, 5.41) is 0. The molecule has 0 spiro atoms. The van der Waals surface area contributed by atoms with Gasteiger partial charge in [0.1, 0.15) is 5.76 Å². The lowest BCUT2D eigenvalue weighted by molar-refractivity contribution is 0.541. The van der Waals surface area contributed by atoms with Crippen LogP contribution in [0.1, 0.15) is 48.8 Å². The third-order valence-corrected chi connectivity index (χ3v) is 7.93. The molecule has 0 fully saturated rings.